The molecule has 0 unspecified atom stereocenters. The Balaban J connectivity index is 1.81. The van der Waals surface area contributed by atoms with Crippen LogP contribution in [0, 0.1) is 12.3 Å². The van der Waals surface area contributed by atoms with Crippen molar-refractivity contribution >= 4 is 15.8 Å². The number of aryl methyl sites for hydroxylation is 1. The summed E-state index contributed by atoms with van der Waals surface area (Å²) in [5.74, 6) is 0.0868. The Morgan fingerprint density at radius 2 is 1.70 bits per heavy atom. The second-order valence-electron chi connectivity index (χ2n) is 8.76. The molecule has 0 spiro atoms. The monoisotopic (exact) mass is 427 g/mol. The number of sulfonamides is 1. The van der Waals surface area contributed by atoms with E-state index >= 15 is 0 Å². The molecule has 1 saturated heterocycles. The summed E-state index contributed by atoms with van der Waals surface area (Å²) in [6, 6.07) is 16.1. The summed E-state index contributed by atoms with van der Waals surface area (Å²) in [5, 5.41) is 0. The van der Waals surface area contributed by atoms with E-state index in [1.54, 1.807) is 24.3 Å². The third kappa shape index (κ3) is 3.51. The third-order valence-electron chi connectivity index (χ3n) is 6.60. The van der Waals surface area contributed by atoms with Gasteiger partial charge in [-0.2, -0.15) is 4.31 Å². The minimum Gasteiger partial charge on any atom is -0.351 e. The van der Waals surface area contributed by atoms with Gasteiger partial charge in [0.1, 0.15) is 18.1 Å². The SMILES string of the molecule is Cc1ccc(S(=O)(=O)N2[C@H](C)[C@@H](c3ccccc3)O[C@@H]2[C@@]2(C)CCCCC2=O)cc1. The minimum absolute atomic E-state index is 0.0868. The molecular weight excluding hydrogens is 398 g/mol. The molecule has 4 atom stereocenters. The van der Waals surface area contributed by atoms with Crippen molar-refractivity contribution in [3.8, 4) is 0 Å². The molecule has 1 aliphatic heterocycles. The van der Waals surface area contributed by atoms with Gasteiger partial charge in [0.05, 0.1) is 16.4 Å². The molecule has 1 aliphatic carbocycles. The zero-order valence-corrected chi connectivity index (χ0v) is 18.6. The molecule has 6 heteroatoms. The molecule has 30 heavy (non-hydrogen) atoms. The molecule has 2 fully saturated rings. The van der Waals surface area contributed by atoms with E-state index in [-0.39, 0.29) is 10.7 Å². The largest absolute Gasteiger partial charge is 0.351 e. The van der Waals surface area contributed by atoms with Gasteiger partial charge in [-0.3, -0.25) is 4.79 Å². The lowest BCUT2D eigenvalue weighted by atomic mass is 9.73. The zero-order chi connectivity index (χ0) is 21.5. The van der Waals surface area contributed by atoms with E-state index in [9.17, 15) is 13.2 Å². The predicted octanol–water partition coefficient (Wildman–Crippen LogP) is 4.62. The second kappa shape index (κ2) is 7.91. The standard InChI is InChI=1S/C24H29NO4S/c1-17-12-14-20(15-13-17)30(27,28)25-18(2)22(19-9-5-4-6-10-19)29-23(25)24(3)16-8-7-11-21(24)26/h4-6,9-10,12-15,18,22-23H,7-8,11,16H2,1-3H3/t18-,22+,23-,24+/m1/s1. The van der Waals surface area contributed by atoms with Crippen molar-refractivity contribution in [1.82, 2.24) is 4.31 Å². The van der Waals surface area contributed by atoms with Crippen molar-refractivity contribution in [1.29, 1.82) is 0 Å². The minimum atomic E-state index is -3.85. The molecule has 1 heterocycles. The molecule has 2 aromatic rings. The van der Waals surface area contributed by atoms with Crippen molar-refractivity contribution in [3.05, 3.63) is 65.7 Å². The van der Waals surface area contributed by atoms with Gasteiger partial charge in [0.25, 0.3) is 0 Å². The average Bonchev–Trinajstić information content (AvgIpc) is 3.10. The number of ether oxygens (including phenoxy) is 1. The van der Waals surface area contributed by atoms with E-state index in [0.29, 0.717) is 12.8 Å². The van der Waals surface area contributed by atoms with Crippen LogP contribution in [0.2, 0.25) is 0 Å². The molecule has 0 aromatic heterocycles. The summed E-state index contributed by atoms with van der Waals surface area (Å²) in [6.45, 7) is 5.67. The van der Waals surface area contributed by atoms with Gasteiger partial charge in [-0.15, -0.1) is 0 Å². The highest BCUT2D eigenvalue weighted by Gasteiger charge is 2.57. The van der Waals surface area contributed by atoms with E-state index in [1.165, 1.54) is 4.31 Å². The van der Waals surface area contributed by atoms with Gasteiger partial charge in [-0.1, -0.05) is 54.4 Å². The molecular formula is C24H29NO4S. The van der Waals surface area contributed by atoms with Crippen LogP contribution in [0.25, 0.3) is 0 Å². The van der Waals surface area contributed by atoms with E-state index in [0.717, 1.165) is 24.0 Å². The highest BCUT2D eigenvalue weighted by molar-refractivity contribution is 7.89. The molecule has 0 amide bonds. The molecule has 0 radical (unpaired) electrons. The van der Waals surface area contributed by atoms with Crippen LogP contribution >= 0.6 is 0 Å². The normalized spacial score (nSPS) is 30.5. The van der Waals surface area contributed by atoms with Crippen molar-refractivity contribution in [2.75, 3.05) is 0 Å². The Morgan fingerprint density at radius 3 is 2.33 bits per heavy atom. The summed E-state index contributed by atoms with van der Waals surface area (Å²) in [5.41, 5.74) is 1.06. The van der Waals surface area contributed by atoms with Crippen LogP contribution in [0.1, 0.15) is 56.8 Å². The van der Waals surface area contributed by atoms with Crippen LogP contribution in [0.3, 0.4) is 0 Å². The number of carbonyl (C=O) groups excluding carboxylic acids is 1. The number of benzene rings is 2. The average molecular weight is 428 g/mol. The maximum atomic E-state index is 13.8. The van der Waals surface area contributed by atoms with Crippen LogP contribution in [0.5, 0.6) is 0 Å². The highest BCUT2D eigenvalue weighted by Crippen LogP contribution is 2.48. The Morgan fingerprint density at radius 1 is 1.03 bits per heavy atom. The van der Waals surface area contributed by atoms with E-state index < -0.39 is 33.8 Å². The van der Waals surface area contributed by atoms with Crippen LogP contribution in [0.4, 0.5) is 0 Å². The number of carbonyl (C=O) groups is 1. The first-order chi connectivity index (χ1) is 14.2. The topological polar surface area (TPSA) is 63.7 Å². The highest BCUT2D eigenvalue weighted by atomic mass is 32.2. The maximum absolute atomic E-state index is 13.8. The molecule has 1 saturated carbocycles. The van der Waals surface area contributed by atoms with Gasteiger partial charge in [0.2, 0.25) is 10.0 Å². The van der Waals surface area contributed by atoms with Gasteiger partial charge in [-0.25, -0.2) is 8.42 Å². The Kier molecular flexibility index (Phi) is 5.60. The molecule has 2 aliphatic rings. The first-order valence-corrected chi connectivity index (χ1v) is 12.0. The molecule has 160 valence electrons. The lowest BCUT2D eigenvalue weighted by Gasteiger charge is -2.40. The van der Waals surface area contributed by atoms with Crippen LogP contribution in [-0.4, -0.2) is 30.8 Å². The Bertz CT molecular complexity index is 1020. The fourth-order valence-corrected chi connectivity index (χ4v) is 6.54. The predicted molar refractivity (Wildman–Crippen MR) is 115 cm³/mol. The smallest absolute Gasteiger partial charge is 0.245 e. The number of nitrogens with zero attached hydrogens (tertiary/aromatic N) is 1. The second-order valence-corrected chi connectivity index (χ2v) is 10.6. The molecule has 4 rings (SSSR count). The summed E-state index contributed by atoms with van der Waals surface area (Å²) in [7, 11) is -3.85. The number of hydrogen-bond donors (Lipinski definition) is 0. The third-order valence-corrected chi connectivity index (χ3v) is 8.55. The van der Waals surface area contributed by atoms with Crippen LogP contribution in [-0.2, 0) is 19.6 Å². The molecule has 0 N–H and O–H groups in total. The van der Waals surface area contributed by atoms with Crippen molar-refractivity contribution in [2.24, 2.45) is 5.41 Å². The lowest BCUT2D eigenvalue weighted by molar-refractivity contribution is -0.145. The fourth-order valence-electron chi connectivity index (χ4n) is 4.73. The number of rotatable bonds is 4. The van der Waals surface area contributed by atoms with Crippen molar-refractivity contribution < 1.29 is 17.9 Å². The van der Waals surface area contributed by atoms with E-state index in [2.05, 4.69) is 0 Å². The quantitative estimate of drug-likeness (QED) is 0.714. The van der Waals surface area contributed by atoms with Crippen molar-refractivity contribution in [2.45, 2.75) is 69.7 Å². The van der Waals surface area contributed by atoms with E-state index in [4.69, 9.17) is 4.74 Å². The zero-order valence-electron chi connectivity index (χ0n) is 17.7. The van der Waals surface area contributed by atoms with Gasteiger partial charge >= 0.3 is 0 Å². The number of Topliss-reactive ketones (excluding diaryl/α,β-unsaturated/α-hetero) is 1. The van der Waals surface area contributed by atoms with Crippen LogP contribution < -0.4 is 0 Å². The van der Waals surface area contributed by atoms with Crippen molar-refractivity contribution in [3.63, 3.8) is 0 Å². The summed E-state index contributed by atoms with van der Waals surface area (Å²) in [4.78, 5) is 13.2. The first kappa shape index (κ1) is 21.2. The maximum Gasteiger partial charge on any atom is 0.245 e. The molecule has 2 aromatic carbocycles. The van der Waals surface area contributed by atoms with Gasteiger partial charge in [0.15, 0.2) is 0 Å². The first-order valence-electron chi connectivity index (χ1n) is 10.6. The van der Waals surface area contributed by atoms with E-state index in [1.807, 2.05) is 51.1 Å². The number of hydrogen-bond acceptors (Lipinski definition) is 4. The fraction of sp³-hybridized carbons (Fsp3) is 0.458. The summed E-state index contributed by atoms with van der Waals surface area (Å²) in [6.07, 6.45) is 1.60. The lowest BCUT2D eigenvalue weighted by Crippen LogP contribution is -2.52. The summed E-state index contributed by atoms with van der Waals surface area (Å²) >= 11 is 0. The van der Waals surface area contributed by atoms with Gasteiger partial charge < -0.3 is 4.74 Å². The van der Waals surface area contributed by atoms with Gasteiger partial charge in [-0.05, 0) is 51.3 Å². The Hall–Kier alpha value is -2.02. The Labute approximate surface area is 179 Å². The van der Waals surface area contributed by atoms with Crippen LogP contribution in [0.15, 0.2) is 59.5 Å². The summed E-state index contributed by atoms with van der Waals surface area (Å²) < 4.78 is 35.4. The van der Waals surface area contributed by atoms with Gasteiger partial charge in [0, 0.05) is 6.42 Å². The molecule has 5 nitrogen and oxygen atoms in total. The molecule has 0 bridgehead atoms. The number of ketones is 1.